The maximum absolute atomic E-state index is 14.0. The minimum atomic E-state index is -4.01. The first-order chi connectivity index (χ1) is 12.5. The number of hydrogen-bond acceptors (Lipinski definition) is 4. The van der Waals surface area contributed by atoms with Crippen LogP contribution >= 0.6 is 0 Å². The minimum Gasteiger partial charge on any atom is -0.356 e. The molecule has 2 rings (SSSR count). The van der Waals surface area contributed by atoms with Crippen molar-refractivity contribution in [2.45, 2.75) is 57.6 Å². The Kier molecular flexibility index (Phi) is 6.46. The summed E-state index contributed by atoms with van der Waals surface area (Å²) in [6.07, 6.45) is 0.0487. The molecule has 7 nitrogen and oxygen atoms in total. The molecule has 1 heterocycles. The molecule has 0 aliphatic carbocycles. The summed E-state index contributed by atoms with van der Waals surface area (Å²) < 4.78 is 40.8. The lowest BCUT2D eigenvalue weighted by Crippen LogP contribution is -2.47. The predicted molar refractivity (Wildman–Crippen MR) is 102 cm³/mol. The molecule has 1 aliphatic rings. The molecule has 0 bridgehead atoms. The average Bonchev–Trinajstić information content (AvgIpc) is 2.55. The lowest BCUT2D eigenvalue weighted by atomic mass is 9.92. The Balaban J connectivity index is 2.26. The highest BCUT2D eigenvalue weighted by Crippen LogP contribution is 2.33. The summed E-state index contributed by atoms with van der Waals surface area (Å²) in [5, 5.41) is 4.18. The van der Waals surface area contributed by atoms with E-state index in [4.69, 9.17) is 0 Å². The highest BCUT2D eigenvalue weighted by molar-refractivity contribution is 7.90. The molecule has 150 valence electrons. The summed E-state index contributed by atoms with van der Waals surface area (Å²) in [4.78, 5) is 23.8. The van der Waals surface area contributed by atoms with Crippen molar-refractivity contribution in [3.05, 3.63) is 29.1 Å². The third kappa shape index (κ3) is 5.18. The van der Waals surface area contributed by atoms with Crippen LogP contribution < -0.4 is 15.4 Å². The van der Waals surface area contributed by atoms with E-state index in [0.29, 0.717) is 16.8 Å². The number of sulfonamides is 1. The van der Waals surface area contributed by atoms with Crippen LogP contribution in [0.3, 0.4) is 0 Å². The highest BCUT2D eigenvalue weighted by Gasteiger charge is 2.32. The molecule has 1 fully saturated rings. The van der Waals surface area contributed by atoms with Gasteiger partial charge in [-0.1, -0.05) is 27.7 Å². The van der Waals surface area contributed by atoms with Gasteiger partial charge in [0.2, 0.25) is 15.9 Å². The van der Waals surface area contributed by atoms with Crippen LogP contribution in [0.2, 0.25) is 0 Å². The monoisotopic (exact) mass is 399 g/mol. The summed E-state index contributed by atoms with van der Waals surface area (Å²) in [5.41, 5.74) is 1.59. The van der Waals surface area contributed by atoms with E-state index in [1.807, 2.05) is 32.4 Å². The summed E-state index contributed by atoms with van der Waals surface area (Å²) in [5.74, 6) is -0.923. The van der Waals surface area contributed by atoms with E-state index < -0.39 is 27.1 Å². The summed E-state index contributed by atoms with van der Waals surface area (Å²) >= 11 is 0. The van der Waals surface area contributed by atoms with Crippen molar-refractivity contribution in [2.24, 2.45) is 0 Å². The Bertz CT molecular complexity index is 808. The van der Waals surface area contributed by atoms with Gasteiger partial charge in [-0.25, -0.2) is 22.3 Å². The number of nitrogens with one attached hydrogen (secondary N) is 3. The van der Waals surface area contributed by atoms with Crippen molar-refractivity contribution >= 4 is 27.6 Å². The van der Waals surface area contributed by atoms with Crippen molar-refractivity contribution in [3.8, 4) is 0 Å². The van der Waals surface area contributed by atoms with E-state index >= 15 is 0 Å². The first-order valence-corrected chi connectivity index (χ1v) is 10.5. The Labute approximate surface area is 159 Å². The van der Waals surface area contributed by atoms with Gasteiger partial charge in [0, 0.05) is 18.7 Å². The molecule has 3 N–H and O–H groups in total. The Morgan fingerprint density at radius 1 is 1.19 bits per heavy atom. The van der Waals surface area contributed by atoms with Gasteiger partial charge >= 0.3 is 6.03 Å². The maximum atomic E-state index is 14.0. The van der Waals surface area contributed by atoms with Gasteiger partial charge in [0.15, 0.2) is 0 Å². The number of halogens is 1. The van der Waals surface area contributed by atoms with E-state index in [2.05, 4.69) is 10.6 Å². The third-order valence-electron chi connectivity index (χ3n) is 4.52. The number of anilines is 1. The Hall–Kier alpha value is -2.16. The maximum Gasteiger partial charge on any atom is 0.332 e. The second-order valence-electron chi connectivity index (χ2n) is 7.33. The Morgan fingerprint density at radius 2 is 1.74 bits per heavy atom. The zero-order chi connectivity index (χ0) is 20.4. The number of amides is 3. The zero-order valence-corrected chi connectivity index (χ0v) is 16.7. The molecule has 0 saturated carbocycles. The standard InChI is InChI=1S/C18H26FN3O4S/c1-10(2)14-7-12(19)8-15(11(3)4)17(14)21-18(24)22-27(25,26)13-5-6-20-16(23)9-13/h7-8,10-11,13H,5-6,9H2,1-4H3,(H,20,23)(H2,21,22,24). The van der Waals surface area contributed by atoms with E-state index in [1.165, 1.54) is 12.1 Å². The van der Waals surface area contributed by atoms with Crippen molar-refractivity contribution in [3.63, 3.8) is 0 Å². The molecular formula is C18H26FN3O4S. The van der Waals surface area contributed by atoms with Crippen LogP contribution in [-0.4, -0.2) is 32.2 Å². The number of hydrogen-bond donors (Lipinski definition) is 3. The van der Waals surface area contributed by atoms with Gasteiger partial charge in [0.05, 0.1) is 5.25 Å². The lowest BCUT2D eigenvalue weighted by Gasteiger charge is -2.24. The number of carbonyl (C=O) groups is 2. The third-order valence-corrected chi connectivity index (χ3v) is 6.27. The average molecular weight is 399 g/mol. The fraction of sp³-hybridized carbons (Fsp3) is 0.556. The second kappa shape index (κ2) is 8.24. The Morgan fingerprint density at radius 3 is 2.22 bits per heavy atom. The van der Waals surface area contributed by atoms with Crippen molar-refractivity contribution in [1.82, 2.24) is 10.0 Å². The number of carbonyl (C=O) groups excluding carboxylic acids is 2. The molecular weight excluding hydrogens is 373 g/mol. The van der Waals surface area contributed by atoms with Crippen molar-refractivity contribution < 1.29 is 22.4 Å². The van der Waals surface area contributed by atoms with E-state index in [0.717, 1.165) is 0 Å². The highest BCUT2D eigenvalue weighted by atomic mass is 32.2. The van der Waals surface area contributed by atoms with Crippen LogP contribution in [0.15, 0.2) is 12.1 Å². The molecule has 1 saturated heterocycles. The van der Waals surface area contributed by atoms with E-state index in [-0.39, 0.29) is 37.1 Å². The molecule has 27 heavy (non-hydrogen) atoms. The first kappa shape index (κ1) is 21.1. The zero-order valence-electron chi connectivity index (χ0n) is 15.9. The quantitative estimate of drug-likeness (QED) is 0.708. The topological polar surface area (TPSA) is 104 Å². The number of benzene rings is 1. The van der Waals surface area contributed by atoms with Gasteiger partial charge in [-0.2, -0.15) is 0 Å². The molecule has 1 atom stereocenters. The van der Waals surface area contributed by atoms with Crippen LogP contribution in [0.1, 0.15) is 63.5 Å². The molecule has 1 aromatic carbocycles. The fourth-order valence-corrected chi connectivity index (χ4v) is 4.35. The smallest absolute Gasteiger partial charge is 0.332 e. The summed E-state index contributed by atoms with van der Waals surface area (Å²) in [7, 11) is -4.01. The van der Waals surface area contributed by atoms with Crippen LogP contribution in [0.4, 0.5) is 14.9 Å². The molecule has 0 aromatic heterocycles. The fourth-order valence-electron chi connectivity index (χ4n) is 3.07. The normalized spacial score (nSPS) is 17.7. The van der Waals surface area contributed by atoms with Gasteiger partial charge in [-0.3, -0.25) is 4.79 Å². The van der Waals surface area contributed by atoms with Crippen LogP contribution in [0.5, 0.6) is 0 Å². The van der Waals surface area contributed by atoms with Gasteiger partial charge in [-0.15, -0.1) is 0 Å². The van der Waals surface area contributed by atoms with Crippen molar-refractivity contribution in [1.29, 1.82) is 0 Å². The van der Waals surface area contributed by atoms with Gasteiger partial charge < -0.3 is 10.6 Å². The number of rotatable bonds is 5. The minimum absolute atomic E-state index is 0.0767. The summed E-state index contributed by atoms with van der Waals surface area (Å²) in [6, 6.07) is 1.76. The van der Waals surface area contributed by atoms with Gasteiger partial charge in [0.25, 0.3) is 0 Å². The van der Waals surface area contributed by atoms with Gasteiger partial charge in [-0.05, 0) is 41.5 Å². The van der Waals surface area contributed by atoms with E-state index in [9.17, 15) is 22.4 Å². The molecule has 9 heteroatoms. The molecule has 0 spiro atoms. The second-order valence-corrected chi connectivity index (χ2v) is 9.30. The molecule has 1 aliphatic heterocycles. The summed E-state index contributed by atoms with van der Waals surface area (Å²) in [6.45, 7) is 7.69. The lowest BCUT2D eigenvalue weighted by molar-refractivity contribution is -0.122. The van der Waals surface area contributed by atoms with Gasteiger partial charge in [0.1, 0.15) is 5.82 Å². The predicted octanol–water partition coefficient (Wildman–Crippen LogP) is 2.80. The first-order valence-electron chi connectivity index (χ1n) is 8.94. The van der Waals surface area contributed by atoms with E-state index in [1.54, 1.807) is 0 Å². The number of piperidine rings is 1. The largest absolute Gasteiger partial charge is 0.356 e. The molecule has 0 radical (unpaired) electrons. The molecule has 3 amide bonds. The van der Waals surface area contributed by atoms with Crippen LogP contribution in [0, 0.1) is 5.82 Å². The molecule has 1 aromatic rings. The van der Waals surface area contributed by atoms with Crippen molar-refractivity contribution in [2.75, 3.05) is 11.9 Å². The number of urea groups is 1. The van der Waals surface area contributed by atoms with Crippen LogP contribution in [0.25, 0.3) is 0 Å². The molecule has 1 unspecified atom stereocenters. The SMILES string of the molecule is CC(C)c1cc(F)cc(C(C)C)c1NC(=O)NS(=O)(=O)C1CCNC(=O)C1. The van der Waals surface area contributed by atoms with Crippen LogP contribution in [-0.2, 0) is 14.8 Å².